The summed E-state index contributed by atoms with van der Waals surface area (Å²) in [7, 11) is 3.89. The number of phenolic OH excluding ortho intramolecular Hbond substituents is 1. The molecule has 4 aliphatic rings. The summed E-state index contributed by atoms with van der Waals surface area (Å²) in [5.41, 5.74) is 2.73. The Morgan fingerprint density at radius 1 is 0.918 bits per heavy atom. The number of allylic oxidation sites excluding steroid dienone is 2. The molecule has 3 fully saturated rings. The van der Waals surface area contributed by atoms with Crippen LogP contribution in [0.2, 0.25) is 0 Å². The smallest absolute Gasteiger partial charge is 0.254 e. The van der Waals surface area contributed by atoms with Crippen molar-refractivity contribution in [1.29, 1.82) is 0 Å². The lowest BCUT2D eigenvalue weighted by molar-refractivity contribution is -0.138. The van der Waals surface area contributed by atoms with Crippen LogP contribution in [0, 0.1) is 23.6 Å². The van der Waals surface area contributed by atoms with E-state index in [9.17, 15) is 28.7 Å². The van der Waals surface area contributed by atoms with Gasteiger partial charge < -0.3 is 10.0 Å². The van der Waals surface area contributed by atoms with Crippen LogP contribution in [0.4, 0.5) is 27.1 Å². The van der Waals surface area contributed by atoms with Gasteiger partial charge in [0.1, 0.15) is 0 Å². The molecular weight excluding hydrogens is 740 g/mol. The van der Waals surface area contributed by atoms with Crippen LogP contribution in [-0.4, -0.2) is 62.9 Å². The van der Waals surface area contributed by atoms with Crippen LogP contribution in [0.3, 0.4) is 0 Å². The number of hydrogen-bond acceptors (Lipinski definition) is 8. The van der Waals surface area contributed by atoms with E-state index in [1.807, 2.05) is 43.3 Å². The van der Waals surface area contributed by atoms with Gasteiger partial charge in [-0.1, -0.05) is 39.7 Å². The molecule has 0 unspecified atom stereocenters. The number of carbonyl (C=O) groups is 4. The Morgan fingerprint density at radius 3 is 2.16 bits per heavy atom. The number of fused-ring (bicyclic) bond motifs is 4. The summed E-state index contributed by atoms with van der Waals surface area (Å²) in [6.45, 7) is 0. The summed E-state index contributed by atoms with van der Waals surface area (Å²) in [6.07, 6.45) is 1.61. The minimum absolute atomic E-state index is 0.0426. The SMILES string of the molecule is CN(C)c1ccc(N=Nc2ccc(N3C(=O)[C@H]4[C@H](CC=C5[C@H]4C[C@@]4(Cl)C(=O)N(CBr)C(=O)[C@@]4(Cl)[C@H]5c4cccc(F)c4O)C3=O)cc2)cc1. The largest absolute Gasteiger partial charge is 0.505 e. The maximum absolute atomic E-state index is 14.8. The number of alkyl halides is 3. The number of carbonyl (C=O) groups excluding carboxylic acids is 4. The fraction of sp³-hybridized carbons (Fsp3) is 0.314. The number of rotatable bonds is 6. The third-order valence-electron chi connectivity index (χ3n) is 10.1. The zero-order chi connectivity index (χ0) is 35.0. The lowest BCUT2D eigenvalue weighted by atomic mass is 9.56. The summed E-state index contributed by atoms with van der Waals surface area (Å²) in [6, 6.07) is 17.9. The summed E-state index contributed by atoms with van der Waals surface area (Å²) in [5.74, 6) is -8.03. The number of benzene rings is 3. The second kappa shape index (κ2) is 12.0. The molecule has 0 bridgehead atoms. The van der Waals surface area contributed by atoms with E-state index in [0.29, 0.717) is 22.6 Å². The molecule has 0 aromatic heterocycles. The monoisotopic (exact) mass is 767 g/mol. The van der Waals surface area contributed by atoms with Gasteiger partial charge in [0, 0.05) is 31.3 Å². The minimum atomic E-state index is -2.15. The molecule has 2 heterocycles. The van der Waals surface area contributed by atoms with Gasteiger partial charge in [0.05, 0.1) is 34.4 Å². The third kappa shape index (κ3) is 4.85. The molecule has 2 aliphatic heterocycles. The molecule has 2 aliphatic carbocycles. The lowest BCUT2D eigenvalue weighted by Crippen LogP contribution is -2.60. The van der Waals surface area contributed by atoms with Gasteiger partial charge in [-0.15, -0.1) is 23.2 Å². The molecule has 3 aromatic rings. The first-order chi connectivity index (χ1) is 23.3. The predicted octanol–water partition coefficient (Wildman–Crippen LogP) is 6.93. The highest BCUT2D eigenvalue weighted by molar-refractivity contribution is 9.09. The van der Waals surface area contributed by atoms with Crippen molar-refractivity contribution in [3.8, 4) is 5.75 Å². The number of imide groups is 2. The highest BCUT2D eigenvalue weighted by atomic mass is 79.9. The number of anilines is 2. The van der Waals surface area contributed by atoms with Crippen molar-refractivity contribution in [3.05, 3.63) is 89.8 Å². The van der Waals surface area contributed by atoms with Crippen molar-refractivity contribution < 1.29 is 28.7 Å². The molecule has 0 spiro atoms. The van der Waals surface area contributed by atoms with Crippen LogP contribution in [0.15, 0.2) is 88.6 Å². The molecule has 252 valence electrons. The Bertz CT molecular complexity index is 1980. The highest BCUT2D eigenvalue weighted by Gasteiger charge is 2.76. The van der Waals surface area contributed by atoms with Crippen LogP contribution >= 0.6 is 39.1 Å². The molecule has 14 heteroatoms. The molecule has 0 radical (unpaired) electrons. The van der Waals surface area contributed by atoms with Crippen LogP contribution in [-0.2, 0) is 19.2 Å². The van der Waals surface area contributed by atoms with Gasteiger partial charge in [0.15, 0.2) is 21.3 Å². The maximum Gasteiger partial charge on any atom is 0.254 e. The molecule has 7 rings (SSSR count). The second-order valence-electron chi connectivity index (χ2n) is 12.8. The van der Waals surface area contributed by atoms with E-state index < -0.39 is 68.6 Å². The fourth-order valence-electron chi connectivity index (χ4n) is 7.72. The lowest BCUT2D eigenvalue weighted by Gasteiger charge is -2.50. The number of likely N-dealkylation sites (tertiary alicyclic amines) is 1. The standard InChI is InChI=1S/C35H29BrCl2FN5O5/c1-42(2)20-10-6-18(7-11-20)40-41-19-8-12-21(13-9-19)44-30(46)23-15-14-22-25(27(23)31(44)47)16-34(37)32(48)43(17-36)33(49)35(34,38)28(22)24-4-3-5-26(39)29(24)45/h3-14,23,25,27-28,45H,15-17H2,1-2H3/t23-,25+,27-,28+,34+,35-/m0/s1. The van der Waals surface area contributed by atoms with Crippen LogP contribution < -0.4 is 9.80 Å². The Morgan fingerprint density at radius 2 is 1.55 bits per heavy atom. The first-order valence-electron chi connectivity index (χ1n) is 15.5. The van der Waals surface area contributed by atoms with E-state index >= 15 is 0 Å². The Labute approximate surface area is 299 Å². The number of nitrogens with zero attached hydrogens (tertiary/aromatic N) is 5. The van der Waals surface area contributed by atoms with Crippen molar-refractivity contribution in [1.82, 2.24) is 4.90 Å². The van der Waals surface area contributed by atoms with Crippen molar-refractivity contribution in [2.24, 2.45) is 28.0 Å². The molecule has 1 N–H and O–H groups in total. The normalized spacial score (nSPS) is 29.3. The van der Waals surface area contributed by atoms with Crippen molar-refractivity contribution in [2.45, 2.75) is 28.5 Å². The van der Waals surface area contributed by atoms with Gasteiger partial charge in [-0.25, -0.2) is 4.39 Å². The average Bonchev–Trinajstić information content (AvgIpc) is 3.43. The number of halogens is 4. The number of azo groups is 1. The van der Waals surface area contributed by atoms with Crippen LogP contribution in [0.1, 0.15) is 24.3 Å². The molecule has 6 atom stereocenters. The first-order valence-corrected chi connectivity index (χ1v) is 17.4. The maximum atomic E-state index is 14.8. The minimum Gasteiger partial charge on any atom is -0.505 e. The molecule has 1 saturated carbocycles. The molecule has 4 amide bonds. The van der Waals surface area contributed by atoms with Crippen LogP contribution in [0.5, 0.6) is 5.75 Å². The molecule has 49 heavy (non-hydrogen) atoms. The van der Waals surface area contributed by atoms with E-state index in [-0.39, 0.29) is 23.9 Å². The van der Waals surface area contributed by atoms with Gasteiger partial charge in [-0.3, -0.25) is 29.0 Å². The Kier molecular flexibility index (Phi) is 8.19. The van der Waals surface area contributed by atoms with E-state index in [1.54, 1.807) is 30.3 Å². The molecule has 10 nitrogen and oxygen atoms in total. The van der Waals surface area contributed by atoms with Gasteiger partial charge >= 0.3 is 0 Å². The number of aromatic hydroxyl groups is 1. The molecule has 3 aromatic carbocycles. The van der Waals surface area contributed by atoms with Crippen molar-refractivity contribution in [2.75, 3.05) is 29.3 Å². The van der Waals surface area contributed by atoms with Gasteiger partial charge in [-0.2, -0.15) is 10.2 Å². The number of para-hydroxylation sites is 1. The first kappa shape index (κ1) is 33.4. The Balaban J connectivity index is 1.23. The Hall–Kier alpha value is -4.13. The summed E-state index contributed by atoms with van der Waals surface area (Å²) >= 11 is 17.5. The van der Waals surface area contributed by atoms with Gasteiger partial charge in [0.2, 0.25) is 11.8 Å². The summed E-state index contributed by atoms with van der Waals surface area (Å²) in [5, 5.41) is 19.4. The zero-order valence-electron chi connectivity index (χ0n) is 26.2. The molecular formula is C35H29BrCl2FN5O5. The number of hydrogen-bond donors (Lipinski definition) is 1. The summed E-state index contributed by atoms with van der Waals surface area (Å²) < 4.78 is 14.8. The second-order valence-corrected chi connectivity index (χ2v) is 14.5. The van der Waals surface area contributed by atoms with Crippen LogP contribution in [0.25, 0.3) is 0 Å². The predicted molar refractivity (Wildman–Crippen MR) is 185 cm³/mol. The van der Waals surface area contributed by atoms with E-state index in [2.05, 4.69) is 26.2 Å². The zero-order valence-corrected chi connectivity index (χ0v) is 29.3. The van der Waals surface area contributed by atoms with Crippen molar-refractivity contribution >= 4 is 85.5 Å². The highest BCUT2D eigenvalue weighted by Crippen LogP contribution is 2.66. The van der Waals surface area contributed by atoms with Gasteiger partial charge in [-0.05, 0) is 73.4 Å². The third-order valence-corrected chi connectivity index (χ3v) is 12.0. The van der Waals surface area contributed by atoms with Crippen molar-refractivity contribution in [3.63, 3.8) is 0 Å². The van der Waals surface area contributed by atoms with Gasteiger partial charge in [0.25, 0.3) is 11.8 Å². The van der Waals surface area contributed by atoms with E-state index in [1.165, 1.54) is 12.1 Å². The number of amides is 4. The summed E-state index contributed by atoms with van der Waals surface area (Å²) in [4.78, 5) is 55.5. The average molecular weight is 769 g/mol. The van der Waals surface area contributed by atoms with E-state index in [0.717, 1.165) is 21.6 Å². The quantitative estimate of drug-likeness (QED) is 0.0955. The fourth-order valence-corrected chi connectivity index (χ4v) is 9.14. The van der Waals surface area contributed by atoms with E-state index in [4.69, 9.17) is 23.2 Å². The molecule has 2 saturated heterocycles. The number of phenols is 1. The topological polar surface area (TPSA) is 123 Å².